The van der Waals surface area contributed by atoms with Crippen molar-refractivity contribution < 1.29 is 14.4 Å². The highest BCUT2D eigenvalue weighted by Crippen LogP contribution is 2.34. The molecule has 0 spiro atoms. The van der Waals surface area contributed by atoms with E-state index in [2.05, 4.69) is 5.32 Å². The average Bonchev–Trinajstić information content (AvgIpc) is 2.87. The molecule has 0 saturated heterocycles. The Labute approximate surface area is 224 Å². The van der Waals surface area contributed by atoms with Crippen LogP contribution in [0.4, 0.5) is 5.69 Å². The Morgan fingerprint density at radius 3 is 2.00 bits per heavy atom. The Morgan fingerprint density at radius 1 is 0.868 bits per heavy atom. The van der Waals surface area contributed by atoms with E-state index in [0.29, 0.717) is 18.4 Å². The van der Waals surface area contributed by atoms with Crippen LogP contribution in [0.25, 0.3) is 11.1 Å². The first-order valence-electron chi connectivity index (χ1n) is 12.9. The first kappa shape index (κ1) is 28.8. The molecular weight excluding hydrogens is 476 g/mol. The molecule has 3 aromatic carbocycles. The molecule has 3 aromatic rings. The summed E-state index contributed by atoms with van der Waals surface area (Å²) in [7, 11) is 0. The maximum atomic E-state index is 14.0. The zero-order valence-corrected chi connectivity index (χ0v) is 22.6. The number of hydrogen-bond donors (Lipinski definition) is 4. The molecule has 0 radical (unpaired) electrons. The molecule has 0 bridgehead atoms. The van der Waals surface area contributed by atoms with Crippen LogP contribution in [0, 0.1) is 0 Å². The summed E-state index contributed by atoms with van der Waals surface area (Å²) in [4.78, 5) is 40.9. The van der Waals surface area contributed by atoms with Crippen molar-refractivity contribution in [3.63, 3.8) is 0 Å². The van der Waals surface area contributed by atoms with Gasteiger partial charge in [0.1, 0.15) is 5.54 Å². The lowest BCUT2D eigenvalue weighted by atomic mass is 9.74. The molecule has 0 aliphatic heterocycles. The van der Waals surface area contributed by atoms with Gasteiger partial charge in [-0.05, 0) is 69.7 Å². The Balaban J connectivity index is 2.08. The predicted octanol–water partition coefficient (Wildman–Crippen LogP) is 4.28. The standard InChI is InChI=1S/C31H38N4O3/c1-20(2)35-28(37)25-23(22-15-9-6-10-16-22)17-18-24(26(25)32)27(36)31(34,29(38)30(3,4)33)19-11-14-21-12-7-5-8-13-21/h5-10,12-13,15-18,20H,11,14,19,32-34H2,1-4H3,(H,35,37). The van der Waals surface area contributed by atoms with Crippen molar-refractivity contribution in [1.82, 2.24) is 5.32 Å². The van der Waals surface area contributed by atoms with Crippen molar-refractivity contribution in [2.24, 2.45) is 11.5 Å². The molecule has 3 rings (SSSR count). The second kappa shape index (κ2) is 11.7. The third-order valence-corrected chi connectivity index (χ3v) is 6.50. The lowest BCUT2D eigenvalue weighted by Gasteiger charge is -2.33. The summed E-state index contributed by atoms with van der Waals surface area (Å²) in [6, 6.07) is 22.1. The zero-order chi connectivity index (χ0) is 28.1. The molecule has 200 valence electrons. The van der Waals surface area contributed by atoms with Crippen molar-refractivity contribution in [3.05, 3.63) is 89.5 Å². The summed E-state index contributed by atoms with van der Waals surface area (Å²) in [6.45, 7) is 6.74. The Bertz CT molecular complexity index is 1300. The number of carbonyl (C=O) groups is 3. The van der Waals surface area contributed by atoms with Gasteiger partial charge in [-0.25, -0.2) is 0 Å². The molecule has 0 fully saturated rings. The Kier molecular flexibility index (Phi) is 8.86. The maximum absolute atomic E-state index is 14.0. The third-order valence-electron chi connectivity index (χ3n) is 6.50. The van der Waals surface area contributed by atoms with Crippen LogP contribution in [0.3, 0.4) is 0 Å². The van der Waals surface area contributed by atoms with Crippen molar-refractivity contribution in [3.8, 4) is 11.1 Å². The summed E-state index contributed by atoms with van der Waals surface area (Å²) >= 11 is 0. The van der Waals surface area contributed by atoms with Crippen LogP contribution < -0.4 is 22.5 Å². The van der Waals surface area contributed by atoms with E-state index in [1.54, 1.807) is 12.1 Å². The predicted molar refractivity (Wildman–Crippen MR) is 153 cm³/mol. The summed E-state index contributed by atoms with van der Waals surface area (Å²) < 4.78 is 0. The lowest BCUT2D eigenvalue weighted by molar-refractivity contribution is -0.127. The second-order valence-corrected chi connectivity index (χ2v) is 10.6. The molecule has 7 nitrogen and oxygen atoms in total. The smallest absolute Gasteiger partial charge is 0.254 e. The number of ketones is 2. The number of amides is 1. The summed E-state index contributed by atoms with van der Waals surface area (Å²) in [6.07, 6.45) is 1.19. The minimum absolute atomic E-state index is 0.0185. The number of nitrogens with one attached hydrogen (secondary N) is 1. The van der Waals surface area contributed by atoms with Gasteiger partial charge < -0.3 is 22.5 Å². The number of aryl methyl sites for hydroxylation is 1. The monoisotopic (exact) mass is 514 g/mol. The highest BCUT2D eigenvalue weighted by molar-refractivity contribution is 6.23. The zero-order valence-electron chi connectivity index (χ0n) is 22.6. The van der Waals surface area contributed by atoms with Crippen LogP contribution in [-0.2, 0) is 11.2 Å². The SMILES string of the molecule is CC(C)NC(=O)c1c(-c2ccccc2)ccc(C(=O)C(N)(CCCc2ccccc2)C(=O)C(C)(C)N)c1N. The fraction of sp³-hybridized carbons (Fsp3) is 0.323. The molecule has 38 heavy (non-hydrogen) atoms. The van der Waals surface area contributed by atoms with Gasteiger partial charge in [0.25, 0.3) is 5.91 Å². The van der Waals surface area contributed by atoms with E-state index in [-0.39, 0.29) is 29.3 Å². The highest BCUT2D eigenvalue weighted by Gasteiger charge is 2.47. The van der Waals surface area contributed by atoms with E-state index in [4.69, 9.17) is 17.2 Å². The third kappa shape index (κ3) is 6.36. The minimum Gasteiger partial charge on any atom is -0.397 e. The summed E-state index contributed by atoms with van der Waals surface area (Å²) in [5.74, 6) is -1.64. The molecule has 1 unspecified atom stereocenters. The van der Waals surface area contributed by atoms with E-state index in [1.165, 1.54) is 13.8 Å². The number of nitrogen functional groups attached to an aromatic ring is 1. The molecular formula is C31H38N4O3. The Hall–Kier alpha value is -3.81. The number of benzene rings is 3. The fourth-order valence-corrected chi connectivity index (χ4v) is 4.62. The number of carbonyl (C=O) groups excluding carboxylic acids is 3. The Morgan fingerprint density at radius 2 is 1.45 bits per heavy atom. The normalized spacial score (nSPS) is 13.1. The largest absolute Gasteiger partial charge is 0.397 e. The van der Waals surface area contributed by atoms with Crippen molar-refractivity contribution in [2.75, 3.05) is 5.73 Å². The van der Waals surface area contributed by atoms with Gasteiger partial charge in [-0.2, -0.15) is 0 Å². The van der Waals surface area contributed by atoms with E-state index >= 15 is 0 Å². The van der Waals surface area contributed by atoms with Crippen LogP contribution in [0.2, 0.25) is 0 Å². The van der Waals surface area contributed by atoms with Crippen LogP contribution in [0.1, 0.15) is 66.8 Å². The summed E-state index contributed by atoms with van der Waals surface area (Å²) in [5.41, 5.74) is 18.7. The topological polar surface area (TPSA) is 141 Å². The van der Waals surface area contributed by atoms with Gasteiger partial charge in [0.2, 0.25) is 0 Å². The molecule has 0 aliphatic carbocycles. The molecule has 0 aromatic heterocycles. The van der Waals surface area contributed by atoms with Crippen molar-refractivity contribution in [1.29, 1.82) is 0 Å². The minimum atomic E-state index is -1.92. The van der Waals surface area contributed by atoms with E-state index in [0.717, 1.165) is 11.1 Å². The van der Waals surface area contributed by atoms with Crippen molar-refractivity contribution in [2.45, 2.75) is 64.1 Å². The van der Waals surface area contributed by atoms with Gasteiger partial charge in [0.05, 0.1) is 16.8 Å². The first-order chi connectivity index (χ1) is 17.9. The van der Waals surface area contributed by atoms with Gasteiger partial charge in [0.15, 0.2) is 11.6 Å². The lowest BCUT2D eigenvalue weighted by Crippen LogP contribution is -2.63. The average molecular weight is 515 g/mol. The molecule has 0 heterocycles. The van der Waals surface area contributed by atoms with Gasteiger partial charge in [-0.1, -0.05) is 66.7 Å². The summed E-state index contributed by atoms with van der Waals surface area (Å²) in [5, 5.41) is 2.87. The first-order valence-corrected chi connectivity index (χ1v) is 12.9. The van der Waals surface area contributed by atoms with E-state index in [1.807, 2.05) is 74.5 Å². The molecule has 1 amide bonds. The number of nitrogens with two attached hydrogens (primary N) is 3. The van der Waals surface area contributed by atoms with Crippen LogP contribution in [0.15, 0.2) is 72.8 Å². The van der Waals surface area contributed by atoms with Gasteiger partial charge in [0, 0.05) is 11.6 Å². The number of anilines is 1. The highest BCUT2D eigenvalue weighted by atomic mass is 16.2. The van der Waals surface area contributed by atoms with Crippen LogP contribution >= 0.6 is 0 Å². The quantitative estimate of drug-likeness (QED) is 0.171. The number of Topliss-reactive ketones (excluding diaryl/α,β-unsaturated/α-hetero) is 2. The van der Waals surface area contributed by atoms with Gasteiger partial charge in [-0.15, -0.1) is 0 Å². The number of hydrogen-bond acceptors (Lipinski definition) is 6. The second-order valence-electron chi connectivity index (χ2n) is 10.6. The van der Waals surface area contributed by atoms with Crippen molar-refractivity contribution >= 4 is 23.2 Å². The maximum Gasteiger partial charge on any atom is 0.254 e. The molecule has 7 N–H and O–H groups in total. The van der Waals surface area contributed by atoms with E-state index in [9.17, 15) is 14.4 Å². The van der Waals surface area contributed by atoms with E-state index < -0.39 is 28.6 Å². The molecule has 1 atom stereocenters. The van der Waals surface area contributed by atoms with Crippen LogP contribution in [-0.4, -0.2) is 34.6 Å². The molecule has 7 heteroatoms. The van der Waals surface area contributed by atoms with Crippen LogP contribution in [0.5, 0.6) is 0 Å². The fourth-order valence-electron chi connectivity index (χ4n) is 4.62. The molecule has 0 aliphatic rings. The van der Waals surface area contributed by atoms with Gasteiger partial charge in [-0.3, -0.25) is 14.4 Å². The molecule has 0 saturated carbocycles. The number of rotatable bonds is 11. The van der Waals surface area contributed by atoms with Gasteiger partial charge >= 0.3 is 0 Å².